The van der Waals surface area contributed by atoms with Gasteiger partial charge in [0.05, 0.1) is 28.7 Å². The van der Waals surface area contributed by atoms with Crippen molar-refractivity contribution in [2.45, 2.75) is 32.9 Å². The van der Waals surface area contributed by atoms with Crippen molar-refractivity contribution in [3.63, 3.8) is 0 Å². The molecule has 0 saturated carbocycles. The molecule has 0 aliphatic carbocycles. The summed E-state index contributed by atoms with van der Waals surface area (Å²) in [5.41, 5.74) is 2.01. The molecule has 6 heteroatoms. The molecule has 0 spiro atoms. The largest absolute Gasteiger partial charge is 0.453 e. The van der Waals surface area contributed by atoms with Gasteiger partial charge in [0, 0.05) is 12.1 Å². The lowest BCUT2D eigenvalue weighted by molar-refractivity contribution is 0.511. The average molecular weight is 347 g/mol. The van der Waals surface area contributed by atoms with Gasteiger partial charge in [0.2, 0.25) is 0 Å². The van der Waals surface area contributed by atoms with Crippen LogP contribution in [0.4, 0.5) is 0 Å². The fraction of sp³-hybridized carbons (Fsp3) is 0.462. The molecular formula is C13H17BrClN3O. The molecule has 19 heavy (non-hydrogen) atoms. The molecule has 0 bridgehead atoms. The van der Waals surface area contributed by atoms with Gasteiger partial charge in [-0.05, 0) is 46.6 Å². The van der Waals surface area contributed by atoms with Gasteiger partial charge in [-0.2, -0.15) is 5.10 Å². The highest BCUT2D eigenvalue weighted by Crippen LogP contribution is 2.33. The lowest BCUT2D eigenvalue weighted by Gasteiger charge is -2.19. The fourth-order valence-electron chi connectivity index (χ4n) is 2.12. The van der Waals surface area contributed by atoms with E-state index >= 15 is 0 Å². The molecule has 0 aliphatic heterocycles. The molecule has 1 atom stereocenters. The van der Waals surface area contributed by atoms with Crippen LogP contribution >= 0.6 is 27.5 Å². The van der Waals surface area contributed by atoms with E-state index in [1.165, 1.54) is 0 Å². The first-order chi connectivity index (χ1) is 9.19. The maximum absolute atomic E-state index is 6.12. The second-order valence-electron chi connectivity index (χ2n) is 4.24. The standard InChI is InChI=1S/C13H17BrClN3O/c1-3-6-18-12(10(14)8-17-18)11(16-4-2)9-5-7-19-13(9)15/h5,7-8,11,16H,3-4,6H2,1-2H3. The average Bonchev–Trinajstić information content (AvgIpc) is 2.95. The Balaban J connectivity index is 2.44. The zero-order valence-corrected chi connectivity index (χ0v) is 13.3. The van der Waals surface area contributed by atoms with Gasteiger partial charge in [-0.1, -0.05) is 13.8 Å². The molecule has 2 aromatic heterocycles. The summed E-state index contributed by atoms with van der Waals surface area (Å²) in [6.45, 7) is 5.90. The van der Waals surface area contributed by atoms with Crippen LogP contribution in [0.25, 0.3) is 0 Å². The molecule has 2 heterocycles. The zero-order valence-electron chi connectivity index (χ0n) is 11.0. The number of rotatable bonds is 6. The maximum Gasteiger partial charge on any atom is 0.198 e. The first kappa shape index (κ1) is 14.6. The van der Waals surface area contributed by atoms with Crippen LogP contribution in [0.2, 0.25) is 5.22 Å². The Morgan fingerprint density at radius 1 is 1.53 bits per heavy atom. The Bertz CT molecular complexity index is 538. The van der Waals surface area contributed by atoms with Crippen LogP contribution in [0.15, 0.2) is 27.4 Å². The molecule has 4 nitrogen and oxygen atoms in total. The minimum absolute atomic E-state index is 0.0281. The Morgan fingerprint density at radius 3 is 2.89 bits per heavy atom. The lowest BCUT2D eigenvalue weighted by atomic mass is 10.1. The quantitative estimate of drug-likeness (QED) is 0.859. The molecular weight excluding hydrogens is 330 g/mol. The normalized spacial score (nSPS) is 12.8. The minimum Gasteiger partial charge on any atom is -0.453 e. The van der Waals surface area contributed by atoms with Gasteiger partial charge in [-0.25, -0.2) is 0 Å². The van der Waals surface area contributed by atoms with Crippen LogP contribution in [0, 0.1) is 0 Å². The minimum atomic E-state index is -0.0281. The van der Waals surface area contributed by atoms with E-state index in [0.29, 0.717) is 5.22 Å². The summed E-state index contributed by atoms with van der Waals surface area (Å²) in [7, 11) is 0. The number of furan rings is 1. The van der Waals surface area contributed by atoms with Crippen molar-refractivity contribution >= 4 is 27.5 Å². The maximum atomic E-state index is 6.12. The van der Waals surface area contributed by atoms with Crippen LogP contribution < -0.4 is 5.32 Å². The smallest absolute Gasteiger partial charge is 0.198 e. The SMILES string of the molecule is CCCn1ncc(Br)c1C(NCC)c1ccoc1Cl. The molecule has 0 aliphatic rings. The second kappa shape index (κ2) is 6.59. The highest BCUT2D eigenvalue weighted by molar-refractivity contribution is 9.10. The van der Waals surface area contributed by atoms with Crippen molar-refractivity contribution in [3.8, 4) is 0 Å². The molecule has 104 valence electrons. The fourth-order valence-corrected chi connectivity index (χ4v) is 2.87. The molecule has 0 amide bonds. The van der Waals surface area contributed by atoms with Crippen LogP contribution in [0.1, 0.15) is 37.6 Å². The zero-order chi connectivity index (χ0) is 13.8. The van der Waals surface area contributed by atoms with Crippen molar-refractivity contribution in [1.82, 2.24) is 15.1 Å². The van der Waals surface area contributed by atoms with Crippen LogP contribution in [-0.4, -0.2) is 16.3 Å². The van der Waals surface area contributed by atoms with E-state index in [2.05, 4.69) is 40.2 Å². The number of hydrogen-bond donors (Lipinski definition) is 1. The van der Waals surface area contributed by atoms with E-state index < -0.39 is 0 Å². The third-order valence-electron chi connectivity index (χ3n) is 2.91. The molecule has 1 unspecified atom stereocenters. The number of hydrogen-bond acceptors (Lipinski definition) is 3. The topological polar surface area (TPSA) is 43.0 Å². The summed E-state index contributed by atoms with van der Waals surface area (Å²) in [4.78, 5) is 0. The Hall–Kier alpha value is -0.780. The predicted molar refractivity (Wildman–Crippen MR) is 79.5 cm³/mol. The Kier molecular flexibility index (Phi) is 5.07. The third-order valence-corrected chi connectivity index (χ3v) is 3.83. The van der Waals surface area contributed by atoms with Crippen molar-refractivity contribution < 1.29 is 4.42 Å². The number of nitrogens with zero attached hydrogens (tertiary/aromatic N) is 2. The Labute approximate surface area is 126 Å². The van der Waals surface area contributed by atoms with Gasteiger partial charge in [0.25, 0.3) is 0 Å². The van der Waals surface area contributed by atoms with Crippen LogP contribution in [-0.2, 0) is 6.54 Å². The summed E-state index contributed by atoms with van der Waals surface area (Å²) in [6.07, 6.45) is 4.46. The van der Waals surface area contributed by atoms with Crippen molar-refractivity contribution in [2.75, 3.05) is 6.54 Å². The summed E-state index contributed by atoms with van der Waals surface area (Å²) >= 11 is 9.69. The van der Waals surface area contributed by atoms with Gasteiger partial charge in [0.15, 0.2) is 5.22 Å². The van der Waals surface area contributed by atoms with Gasteiger partial charge in [0.1, 0.15) is 0 Å². The molecule has 0 saturated heterocycles. The molecule has 2 rings (SSSR count). The molecule has 2 aromatic rings. The third kappa shape index (κ3) is 3.04. The summed E-state index contributed by atoms with van der Waals surface area (Å²) < 4.78 is 8.19. The van der Waals surface area contributed by atoms with E-state index in [1.54, 1.807) is 6.26 Å². The monoisotopic (exact) mass is 345 g/mol. The molecule has 0 radical (unpaired) electrons. The van der Waals surface area contributed by atoms with Gasteiger partial charge in [-0.15, -0.1) is 0 Å². The molecule has 1 N–H and O–H groups in total. The van der Waals surface area contributed by atoms with E-state index in [0.717, 1.165) is 35.2 Å². The number of nitrogens with one attached hydrogen (secondary N) is 1. The van der Waals surface area contributed by atoms with Gasteiger partial charge < -0.3 is 9.73 Å². The number of aryl methyl sites for hydroxylation is 1. The lowest BCUT2D eigenvalue weighted by Crippen LogP contribution is -2.25. The number of halogens is 2. The predicted octanol–water partition coefficient (Wildman–Crippen LogP) is 4.00. The first-order valence-electron chi connectivity index (χ1n) is 6.36. The van der Waals surface area contributed by atoms with E-state index in [1.807, 2.05) is 16.9 Å². The van der Waals surface area contributed by atoms with Crippen LogP contribution in [0.3, 0.4) is 0 Å². The van der Waals surface area contributed by atoms with E-state index in [4.69, 9.17) is 16.0 Å². The van der Waals surface area contributed by atoms with Crippen LogP contribution in [0.5, 0.6) is 0 Å². The summed E-state index contributed by atoms with van der Waals surface area (Å²) in [5, 5.41) is 8.26. The molecule has 0 aromatic carbocycles. The molecule has 0 fully saturated rings. The Morgan fingerprint density at radius 2 is 2.32 bits per heavy atom. The van der Waals surface area contributed by atoms with E-state index in [-0.39, 0.29) is 6.04 Å². The first-order valence-corrected chi connectivity index (χ1v) is 7.53. The van der Waals surface area contributed by atoms with Crippen molar-refractivity contribution in [1.29, 1.82) is 0 Å². The van der Waals surface area contributed by atoms with Crippen molar-refractivity contribution in [2.24, 2.45) is 0 Å². The highest BCUT2D eigenvalue weighted by Gasteiger charge is 2.24. The second-order valence-corrected chi connectivity index (χ2v) is 5.44. The summed E-state index contributed by atoms with van der Waals surface area (Å²) in [6, 6.07) is 1.87. The summed E-state index contributed by atoms with van der Waals surface area (Å²) in [5.74, 6) is 0. The highest BCUT2D eigenvalue weighted by atomic mass is 79.9. The van der Waals surface area contributed by atoms with E-state index in [9.17, 15) is 0 Å². The van der Waals surface area contributed by atoms with Gasteiger partial charge >= 0.3 is 0 Å². The van der Waals surface area contributed by atoms with Gasteiger partial charge in [-0.3, -0.25) is 4.68 Å². The van der Waals surface area contributed by atoms with Crippen molar-refractivity contribution in [3.05, 3.63) is 39.5 Å². The number of aromatic nitrogens is 2.